The molecule has 2 aromatic rings. The third-order valence-electron chi connectivity index (χ3n) is 3.88. The van der Waals surface area contributed by atoms with Gasteiger partial charge in [0.15, 0.2) is 6.10 Å². The highest BCUT2D eigenvalue weighted by molar-refractivity contribution is 7.86. The van der Waals surface area contributed by atoms with E-state index in [2.05, 4.69) is 0 Å². The third kappa shape index (κ3) is 5.97. The van der Waals surface area contributed by atoms with Crippen LogP contribution in [0.4, 0.5) is 0 Å². The summed E-state index contributed by atoms with van der Waals surface area (Å²) in [6.07, 6.45) is 0.449. The van der Waals surface area contributed by atoms with Crippen molar-refractivity contribution in [2.75, 3.05) is 6.61 Å². The van der Waals surface area contributed by atoms with E-state index in [0.717, 1.165) is 17.5 Å². The number of aryl methyl sites for hydroxylation is 2. The molecule has 0 heterocycles. The van der Waals surface area contributed by atoms with Gasteiger partial charge in [0.05, 0.1) is 11.5 Å². The maximum absolute atomic E-state index is 12.5. The lowest BCUT2D eigenvalue weighted by Crippen LogP contribution is -2.29. The molecule has 6 heteroatoms. The number of esters is 1. The Bertz CT molecular complexity index is 798. The predicted octanol–water partition coefficient (Wildman–Crippen LogP) is 3.65. The van der Waals surface area contributed by atoms with Gasteiger partial charge in [-0.1, -0.05) is 48.0 Å². The van der Waals surface area contributed by atoms with Crippen LogP contribution in [0.25, 0.3) is 0 Å². The predicted molar refractivity (Wildman–Crippen MR) is 99.3 cm³/mol. The molecule has 0 unspecified atom stereocenters. The number of benzene rings is 2. The minimum atomic E-state index is -4.04. The Balaban J connectivity index is 2.06. The molecular weight excluding hydrogens is 352 g/mol. The van der Waals surface area contributed by atoms with E-state index in [1.165, 1.54) is 12.1 Å². The Morgan fingerprint density at radius 3 is 2.31 bits per heavy atom. The van der Waals surface area contributed by atoms with Gasteiger partial charge < -0.3 is 4.74 Å². The second-order valence-electron chi connectivity index (χ2n) is 5.98. The SMILES string of the molecule is CCOC(=O)[C@@H](CCCc1ccccc1)OS(=O)(=O)c1ccc(C)cc1. The van der Waals surface area contributed by atoms with Gasteiger partial charge in [-0.2, -0.15) is 8.42 Å². The van der Waals surface area contributed by atoms with Crippen molar-refractivity contribution in [2.24, 2.45) is 0 Å². The lowest BCUT2D eigenvalue weighted by atomic mass is 10.1. The first-order valence-corrected chi connectivity index (χ1v) is 10.0. The summed E-state index contributed by atoms with van der Waals surface area (Å²) in [6.45, 7) is 3.71. The number of hydrogen-bond donors (Lipinski definition) is 0. The average molecular weight is 376 g/mol. The largest absolute Gasteiger partial charge is 0.464 e. The van der Waals surface area contributed by atoms with Crippen molar-refractivity contribution in [2.45, 2.75) is 44.1 Å². The fourth-order valence-electron chi connectivity index (χ4n) is 2.49. The maximum Gasteiger partial charge on any atom is 0.336 e. The molecule has 0 aliphatic carbocycles. The summed E-state index contributed by atoms with van der Waals surface area (Å²) < 4.78 is 35.1. The minimum Gasteiger partial charge on any atom is -0.464 e. The van der Waals surface area contributed by atoms with Crippen molar-refractivity contribution in [3.63, 3.8) is 0 Å². The topological polar surface area (TPSA) is 69.7 Å². The molecule has 0 aliphatic rings. The lowest BCUT2D eigenvalue weighted by Gasteiger charge is -2.16. The van der Waals surface area contributed by atoms with Gasteiger partial charge in [-0.15, -0.1) is 0 Å². The molecule has 0 fully saturated rings. The highest BCUT2D eigenvalue weighted by atomic mass is 32.2. The molecule has 0 radical (unpaired) electrons. The highest BCUT2D eigenvalue weighted by Crippen LogP contribution is 2.19. The quantitative estimate of drug-likeness (QED) is 0.493. The van der Waals surface area contributed by atoms with E-state index in [1.54, 1.807) is 19.1 Å². The number of carbonyl (C=O) groups is 1. The zero-order valence-corrected chi connectivity index (χ0v) is 15.9. The summed E-state index contributed by atoms with van der Waals surface area (Å²) in [5, 5.41) is 0. The zero-order chi connectivity index (χ0) is 19.0. The zero-order valence-electron chi connectivity index (χ0n) is 15.1. The van der Waals surface area contributed by atoms with E-state index < -0.39 is 22.2 Å². The molecule has 2 rings (SSSR count). The number of ether oxygens (including phenoxy) is 1. The van der Waals surface area contributed by atoms with Crippen molar-refractivity contribution >= 4 is 16.1 Å². The summed E-state index contributed by atoms with van der Waals surface area (Å²) in [6, 6.07) is 16.1. The molecule has 0 spiro atoms. The fraction of sp³-hybridized carbons (Fsp3) is 0.350. The number of rotatable bonds is 9. The monoisotopic (exact) mass is 376 g/mol. The van der Waals surface area contributed by atoms with E-state index in [0.29, 0.717) is 6.42 Å². The Kier molecular flexibility index (Phi) is 7.36. The van der Waals surface area contributed by atoms with Crippen LogP contribution in [0.3, 0.4) is 0 Å². The van der Waals surface area contributed by atoms with Crippen LogP contribution < -0.4 is 0 Å². The van der Waals surface area contributed by atoms with Gasteiger partial charge in [0.2, 0.25) is 0 Å². The first-order valence-electron chi connectivity index (χ1n) is 8.63. The Morgan fingerprint density at radius 1 is 1.04 bits per heavy atom. The van der Waals surface area contributed by atoms with E-state index in [4.69, 9.17) is 8.92 Å². The summed E-state index contributed by atoms with van der Waals surface area (Å²) >= 11 is 0. The van der Waals surface area contributed by atoms with Crippen LogP contribution in [0.2, 0.25) is 0 Å². The highest BCUT2D eigenvalue weighted by Gasteiger charge is 2.28. The molecular formula is C20H24O5S. The molecule has 0 amide bonds. The van der Waals surface area contributed by atoms with Crippen LogP contribution in [0, 0.1) is 6.92 Å². The van der Waals surface area contributed by atoms with E-state index >= 15 is 0 Å². The van der Waals surface area contributed by atoms with Gasteiger partial charge in [0, 0.05) is 0 Å². The summed E-state index contributed by atoms with van der Waals surface area (Å²) in [5.41, 5.74) is 2.06. The van der Waals surface area contributed by atoms with Crippen LogP contribution in [-0.4, -0.2) is 27.1 Å². The normalized spacial score (nSPS) is 12.5. The first kappa shape index (κ1) is 20.1. The average Bonchev–Trinajstić information content (AvgIpc) is 2.62. The molecule has 0 N–H and O–H groups in total. The summed E-state index contributed by atoms with van der Waals surface area (Å²) in [4.78, 5) is 12.2. The smallest absolute Gasteiger partial charge is 0.336 e. The number of carbonyl (C=O) groups excluding carboxylic acids is 1. The molecule has 140 valence electrons. The van der Waals surface area contributed by atoms with Crippen molar-refractivity contribution in [1.82, 2.24) is 0 Å². The van der Waals surface area contributed by atoms with Gasteiger partial charge in [0.25, 0.3) is 10.1 Å². The van der Waals surface area contributed by atoms with Gasteiger partial charge in [-0.3, -0.25) is 4.18 Å². The molecule has 0 bridgehead atoms. The molecule has 1 atom stereocenters. The van der Waals surface area contributed by atoms with Gasteiger partial charge in [0.1, 0.15) is 0 Å². The third-order valence-corrected chi connectivity index (χ3v) is 5.21. The molecule has 0 saturated heterocycles. The van der Waals surface area contributed by atoms with E-state index in [9.17, 15) is 13.2 Å². The Labute approximate surface area is 155 Å². The lowest BCUT2D eigenvalue weighted by molar-refractivity contribution is -0.151. The van der Waals surface area contributed by atoms with E-state index in [-0.39, 0.29) is 17.9 Å². The van der Waals surface area contributed by atoms with Gasteiger partial charge in [-0.25, -0.2) is 4.79 Å². The van der Waals surface area contributed by atoms with Crippen molar-refractivity contribution < 1.29 is 22.1 Å². The van der Waals surface area contributed by atoms with Crippen LogP contribution in [0.5, 0.6) is 0 Å². The first-order chi connectivity index (χ1) is 12.4. The summed E-state index contributed by atoms with van der Waals surface area (Å²) in [5.74, 6) is -0.656. The Hall–Kier alpha value is -2.18. The standard InChI is InChI=1S/C20H24O5S/c1-3-24-20(21)19(11-7-10-17-8-5-4-6-9-17)25-26(22,23)18-14-12-16(2)13-15-18/h4-6,8-9,12-15,19H,3,7,10-11H2,1-2H3/t19-/m1/s1. The van der Waals surface area contributed by atoms with Crippen molar-refractivity contribution in [3.05, 3.63) is 65.7 Å². The molecule has 5 nitrogen and oxygen atoms in total. The molecule has 0 saturated carbocycles. The van der Waals surface area contributed by atoms with Crippen molar-refractivity contribution in [3.8, 4) is 0 Å². The van der Waals surface area contributed by atoms with Crippen LogP contribution in [0.1, 0.15) is 30.9 Å². The van der Waals surface area contributed by atoms with Crippen LogP contribution in [0.15, 0.2) is 59.5 Å². The van der Waals surface area contributed by atoms with Crippen molar-refractivity contribution in [1.29, 1.82) is 0 Å². The second-order valence-corrected chi connectivity index (χ2v) is 7.55. The van der Waals surface area contributed by atoms with Gasteiger partial charge in [-0.05, 0) is 50.8 Å². The Morgan fingerprint density at radius 2 is 1.69 bits per heavy atom. The van der Waals surface area contributed by atoms with E-state index in [1.807, 2.05) is 37.3 Å². The molecule has 26 heavy (non-hydrogen) atoms. The molecule has 2 aromatic carbocycles. The maximum atomic E-state index is 12.5. The summed E-state index contributed by atoms with van der Waals surface area (Å²) in [7, 11) is -4.04. The molecule has 0 aromatic heterocycles. The van der Waals surface area contributed by atoms with Crippen LogP contribution in [-0.2, 0) is 30.3 Å². The van der Waals surface area contributed by atoms with Gasteiger partial charge >= 0.3 is 5.97 Å². The second kappa shape index (κ2) is 9.50. The minimum absolute atomic E-state index is 0.0282. The van der Waals surface area contributed by atoms with Crippen LogP contribution >= 0.6 is 0 Å². The number of hydrogen-bond acceptors (Lipinski definition) is 5. The molecule has 0 aliphatic heterocycles. The fourth-order valence-corrected chi connectivity index (χ4v) is 3.55.